The SMILES string of the molecule is CC.CC(C)c1cc(C(C)C)c(-c2ccccc2P(C2CCCCC2)C2CCCCC2)c(C(C)C)c1. The minimum Gasteiger partial charge on any atom is -0.0683 e. The van der Waals surface area contributed by atoms with Crippen molar-refractivity contribution in [3.8, 4) is 11.1 Å². The monoisotopic (exact) mass is 506 g/mol. The van der Waals surface area contributed by atoms with Gasteiger partial charge in [-0.25, -0.2) is 0 Å². The normalized spacial score (nSPS) is 17.7. The molecule has 0 radical (unpaired) electrons. The van der Waals surface area contributed by atoms with Gasteiger partial charge >= 0.3 is 0 Å². The smallest absolute Gasteiger partial charge is 0.0101 e. The molecule has 2 fully saturated rings. The fourth-order valence-electron chi connectivity index (χ4n) is 6.59. The van der Waals surface area contributed by atoms with Crippen LogP contribution in [0.3, 0.4) is 0 Å². The summed E-state index contributed by atoms with van der Waals surface area (Å²) in [7, 11) is -0.120. The number of hydrogen-bond acceptors (Lipinski definition) is 0. The largest absolute Gasteiger partial charge is 0.0683 e. The Morgan fingerprint density at radius 1 is 0.611 bits per heavy atom. The summed E-state index contributed by atoms with van der Waals surface area (Å²) in [6.45, 7) is 18.3. The third-order valence-corrected chi connectivity index (χ3v) is 12.1. The Bertz CT molecular complexity index is 878. The highest BCUT2D eigenvalue weighted by atomic mass is 31.1. The maximum Gasteiger partial charge on any atom is -0.0101 e. The van der Waals surface area contributed by atoms with Gasteiger partial charge in [0.15, 0.2) is 0 Å². The topological polar surface area (TPSA) is 0 Å². The highest BCUT2D eigenvalue weighted by Gasteiger charge is 2.34. The summed E-state index contributed by atoms with van der Waals surface area (Å²) >= 11 is 0. The molecule has 0 atom stereocenters. The zero-order valence-electron chi connectivity index (χ0n) is 24.9. The number of benzene rings is 2. The second kappa shape index (κ2) is 14.1. The van der Waals surface area contributed by atoms with Crippen LogP contribution in [-0.4, -0.2) is 11.3 Å². The molecular weight excluding hydrogens is 451 g/mol. The van der Waals surface area contributed by atoms with Gasteiger partial charge in [-0.15, -0.1) is 0 Å². The van der Waals surface area contributed by atoms with Crippen LogP contribution in [0.5, 0.6) is 0 Å². The third-order valence-electron chi connectivity index (χ3n) is 8.52. The standard InChI is InChI=1S/C33H49P.C2H6/c1-23(2)26-21-30(24(3)4)33(31(22-26)25(5)6)29-19-13-14-20-32(29)34(27-15-9-7-10-16-27)28-17-11-8-12-18-28;1-2/h13-14,19-25,27-28H,7-12,15-18H2,1-6H3;1-2H3. The predicted molar refractivity (Wildman–Crippen MR) is 166 cm³/mol. The van der Waals surface area contributed by atoms with E-state index in [2.05, 4.69) is 77.9 Å². The van der Waals surface area contributed by atoms with Gasteiger partial charge in [-0.3, -0.25) is 0 Å². The van der Waals surface area contributed by atoms with Gasteiger partial charge in [0.05, 0.1) is 0 Å². The molecule has 2 aliphatic carbocycles. The van der Waals surface area contributed by atoms with Crippen molar-refractivity contribution in [2.75, 3.05) is 0 Å². The maximum absolute atomic E-state index is 2.56. The second-order valence-corrected chi connectivity index (χ2v) is 14.8. The van der Waals surface area contributed by atoms with Crippen LogP contribution >= 0.6 is 7.92 Å². The zero-order valence-corrected chi connectivity index (χ0v) is 25.8. The van der Waals surface area contributed by atoms with Crippen LogP contribution in [0.2, 0.25) is 0 Å². The molecule has 2 aliphatic rings. The van der Waals surface area contributed by atoms with Gasteiger partial charge in [-0.2, -0.15) is 0 Å². The molecule has 1 heteroatoms. The molecule has 0 spiro atoms. The van der Waals surface area contributed by atoms with Gasteiger partial charge in [0.25, 0.3) is 0 Å². The Morgan fingerprint density at radius 2 is 1.06 bits per heavy atom. The lowest BCUT2D eigenvalue weighted by Gasteiger charge is -2.40. The van der Waals surface area contributed by atoms with Crippen LogP contribution in [0.25, 0.3) is 11.1 Å². The van der Waals surface area contributed by atoms with Crippen LogP contribution in [0.1, 0.15) is 154 Å². The Kier molecular flexibility index (Phi) is 11.6. The van der Waals surface area contributed by atoms with E-state index in [4.69, 9.17) is 0 Å². The Balaban J connectivity index is 0.00000176. The van der Waals surface area contributed by atoms with Gasteiger partial charge in [-0.1, -0.05) is 138 Å². The van der Waals surface area contributed by atoms with E-state index in [1.54, 1.807) is 27.6 Å². The third kappa shape index (κ3) is 6.84. The van der Waals surface area contributed by atoms with Crippen molar-refractivity contribution >= 4 is 13.2 Å². The minimum absolute atomic E-state index is 0.120. The lowest BCUT2D eigenvalue weighted by Crippen LogP contribution is -2.27. The average molecular weight is 507 g/mol. The molecule has 36 heavy (non-hydrogen) atoms. The fourth-order valence-corrected chi connectivity index (χ4v) is 10.5. The Labute approximate surface area is 225 Å². The van der Waals surface area contributed by atoms with Crippen molar-refractivity contribution in [3.63, 3.8) is 0 Å². The summed E-state index contributed by atoms with van der Waals surface area (Å²) in [5.74, 6) is 1.64. The molecule has 2 aromatic carbocycles. The van der Waals surface area contributed by atoms with E-state index in [1.807, 2.05) is 13.8 Å². The van der Waals surface area contributed by atoms with Gasteiger partial charge in [0, 0.05) is 0 Å². The maximum atomic E-state index is 2.56. The quantitative estimate of drug-likeness (QED) is 0.328. The van der Waals surface area contributed by atoms with Crippen molar-refractivity contribution in [3.05, 3.63) is 53.1 Å². The van der Waals surface area contributed by atoms with Crippen molar-refractivity contribution < 1.29 is 0 Å². The summed E-state index contributed by atoms with van der Waals surface area (Å²) in [6, 6.07) is 14.8. The molecule has 0 N–H and O–H groups in total. The van der Waals surface area contributed by atoms with Crippen LogP contribution in [-0.2, 0) is 0 Å². The summed E-state index contributed by atoms with van der Waals surface area (Å²) < 4.78 is 0. The Morgan fingerprint density at radius 3 is 1.47 bits per heavy atom. The molecule has 0 saturated heterocycles. The van der Waals surface area contributed by atoms with Crippen LogP contribution in [0.4, 0.5) is 0 Å². The molecule has 0 amide bonds. The lowest BCUT2D eigenvalue weighted by atomic mass is 9.82. The number of rotatable bonds is 7. The van der Waals surface area contributed by atoms with Crippen molar-refractivity contribution in [2.45, 2.75) is 149 Å². The first kappa shape index (κ1) is 29.4. The number of hydrogen-bond donors (Lipinski definition) is 0. The zero-order chi connectivity index (χ0) is 26.2. The van der Waals surface area contributed by atoms with Crippen molar-refractivity contribution in [1.82, 2.24) is 0 Å². The summed E-state index contributed by atoms with van der Waals surface area (Å²) in [4.78, 5) is 0. The molecule has 200 valence electrons. The van der Waals surface area contributed by atoms with Crippen LogP contribution < -0.4 is 5.30 Å². The van der Waals surface area contributed by atoms with Crippen molar-refractivity contribution in [2.24, 2.45) is 0 Å². The van der Waals surface area contributed by atoms with E-state index < -0.39 is 0 Å². The molecule has 0 bridgehead atoms. The van der Waals surface area contributed by atoms with E-state index >= 15 is 0 Å². The van der Waals surface area contributed by atoms with Crippen LogP contribution in [0.15, 0.2) is 36.4 Å². The van der Waals surface area contributed by atoms with E-state index in [-0.39, 0.29) is 7.92 Å². The minimum atomic E-state index is -0.120. The first-order chi connectivity index (χ1) is 17.4. The van der Waals surface area contributed by atoms with E-state index in [0.29, 0.717) is 17.8 Å². The molecule has 2 aromatic rings. The predicted octanol–water partition coefficient (Wildman–Crippen LogP) is 11.5. The molecule has 4 rings (SSSR count). The first-order valence-corrected chi connectivity index (χ1v) is 16.9. The molecular formula is C35H55P. The fraction of sp³-hybridized carbons (Fsp3) is 0.657. The second-order valence-electron chi connectivity index (χ2n) is 12.0. The van der Waals surface area contributed by atoms with E-state index in [1.165, 1.54) is 69.8 Å². The molecule has 2 saturated carbocycles. The van der Waals surface area contributed by atoms with Gasteiger partial charge < -0.3 is 0 Å². The summed E-state index contributed by atoms with van der Waals surface area (Å²) in [5.41, 5.74) is 9.71. The van der Waals surface area contributed by atoms with Crippen molar-refractivity contribution in [1.29, 1.82) is 0 Å². The van der Waals surface area contributed by atoms with E-state index in [0.717, 1.165) is 11.3 Å². The lowest BCUT2D eigenvalue weighted by molar-refractivity contribution is 0.487. The summed E-state index contributed by atoms with van der Waals surface area (Å²) in [5, 5.41) is 1.75. The average Bonchev–Trinajstić information content (AvgIpc) is 2.90. The van der Waals surface area contributed by atoms with Gasteiger partial charge in [-0.05, 0) is 87.9 Å². The van der Waals surface area contributed by atoms with Crippen LogP contribution in [0, 0.1) is 0 Å². The van der Waals surface area contributed by atoms with Gasteiger partial charge in [0.2, 0.25) is 0 Å². The molecule has 0 aliphatic heterocycles. The van der Waals surface area contributed by atoms with Gasteiger partial charge in [0.1, 0.15) is 0 Å². The Hall–Kier alpha value is -1.13. The highest BCUT2D eigenvalue weighted by molar-refractivity contribution is 7.67. The molecule has 0 aromatic heterocycles. The molecule has 0 unspecified atom stereocenters. The highest BCUT2D eigenvalue weighted by Crippen LogP contribution is 2.56. The molecule has 0 nitrogen and oxygen atoms in total. The molecule has 0 heterocycles. The van der Waals surface area contributed by atoms with E-state index in [9.17, 15) is 0 Å². The summed E-state index contributed by atoms with van der Waals surface area (Å²) in [6.07, 6.45) is 14.6. The first-order valence-electron chi connectivity index (χ1n) is 15.4.